The second-order valence-electron chi connectivity index (χ2n) is 6.60. The predicted octanol–water partition coefficient (Wildman–Crippen LogP) is 3.21. The van der Waals surface area contributed by atoms with Gasteiger partial charge in [-0.2, -0.15) is 0 Å². The highest BCUT2D eigenvalue weighted by atomic mass is 28.3. The maximum Gasteiger partial charge on any atom is 0.130 e. The van der Waals surface area contributed by atoms with E-state index in [1.54, 1.807) is 0 Å². The molecule has 0 spiro atoms. The van der Waals surface area contributed by atoms with Crippen molar-refractivity contribution >= 4 is 18.4 Å². The Balaban J connectivity index is 2.16. The van der Waals surface area contributed by atoms with Gasteiger partial charge in [-0.3, -0.25) is 0 Å². The second kappa shape index (κ2) is 6.23. The van der Waals surface area contributed by atoms with Crippen LogP contribution in [-0.2, 0) is 0 Å². The van der Waals surface area contributed by atoms with Crippen molar-refractivity contribution in [2.75, 3.05) is 0 Å². The molecule has 0 saturated carbocycles. The fourth-order valence-corrected chi connectivity index (χ4v) is 9.14. The standard InChI is InChI=1S/C20H24OSi/c1-16(2)20(21)19-14-9-15-22(19,17-10-5-3-6-11-17)18-12-7-4-8-13-18/h3-14,16,19-21H,15H2,1-2H3/t19-,20+/m0/s1. The Bertz CT molecular complexity index is 594. The van der Waals surface area contributed by atoms with E-state index in [4.69, 9.17) is 0 Å². The Kier molecular flexibility index (Phi) is 4.32. The largest absolute Gasteiger partial charge is 0.393 e. The van der Waals surface area contributed by atoms with Gasteiger partial charge < -0.3 is 5.11 Å². The van der Waals surface area contributed by atoms with Crippen LogP contribution in [0.1, 0.15) is 13.8 Å². The topological polar surface area (TPSA) is 20.2 Å². The van der Waals surface area contributed by atoms with Crippen LogP contribution in [0.15, 0.2) is 72.8 Å². The molecule has 0 unspecified atom stereocenters. The first-order chi connectivity index (χ1) is 10.7. The Morgan fingerprint density at radius 1 is 0.909 bits per heavy atom. The van der Waals surface area contributed by atoms with Crippen LogP contribution in [0, 0.1) is 5.92 Å². The number of hydrogen-bond acceptors (Lipinski definition) is 1. The number of hydrogen-bond donors (Lipinski definition) is 1. The second-order valence-corrected chi connectivity index (χ2v) is 10.8. The smallest absolute Gasteiger partial charge is 0.130 e. The molecule has 0 aromatic heterocycles. The zero-order valence-electron chi connectivity index (χ0n) is 13.3. The minimum absolute atomic E-state index is 0.248. The third-order valence-electron chi connectivity index (χ3n) is 4.98. The van der Waals surface area contributed by atoms with Crippen molar-refractivity contribution in [2.24, 2.45) is 5.92 Å². The van der Waals surface area contributed by atoms with Crippen LogP contribution in [-0.4, -0.2) is 19.3 Å². The maximum absolute atomic E-state index is 10.9. The molecule has 2 aromatic rings. The van der Waals surface area contributed by atoms with E-state index in [-0.39, 0.29) is 17.6 Å². The van der Waals surface area contributed by atoms with Crippen LogP contribution in [0.3, 0.4) is 0 Å². The molecule has 1 nitrogen and oxygen atoms in total. The van der Waals surface area contributed by atoms with Crippen LogP contribution >= 0.6 is 0 Å². The number of aliphatic hydroxyl groups is 1. The normalized spacial score (nSPS) is 21.2. The zero-order valence-corrected chi connectivity index (χ0v) is 14.3. The summed E-state index contributed by atoms with van der Waals surface area (Å²) in [7, 11) is -2.00. The van der Waals surface area contributed by atoms with E-state index in [1.807, 2.05) is 0 Å². The molecule has 0 fully saturated rings. The average Bonchev–Trinajstić information content (AvgIpc) is 3.01. The third-order valence-corrected chi connectivity index (χ3v) is 10.3. The van der Waals surface area contributed by atoms with E-state index in [2.05, 4.69) is 86.7 Å². The molecule has 0 radical (unpaired) electrons. The van der Waals surface area contributed by atoms with Gasteiger partial charge in [0.15, 0.2) is 0 Å². The lowest BCUT2D eigenvalue weighted by atomic mass is 10.0. The number of benzene rings is 2. The fraction of sp³-hybridized carbons (Fsp3) is 0.300. The Morgan fingerprint density at radius 3 is 1.86 bits per heavy atom. The van der Waals surface area contributed by atoms with E-state index in [1.165, 1.54) is 10.4 Å². The summed E-state index contributed by atoms with van der Waals surface area (Å²) in [5.74, 6) is 0.270. The van der Waals surface area contributed by atoms with Crippen molar-refractivity contribution in [1.29, 1.82) is 0 Å². The van der Waals surface area contributed by atoms with Gasteiger partial charge in [0.25, 0.3) is 0 Å². The molecule has 1 aliphatic heterocycles. The predicted molar refractivity (Wildman–Crippen MR) is 96.4 cm³/mol. The molecule has 0 aliphatic carbocycles. The van der Waals surface area contributed by atoms with E-state index >= 15 is 0 Å². The molecular weight excluding hydrogens is 284 g/mol. The molecule has 0 amide bonds. The van der Waals surface area contributed by atoms with E-state index in [0.29, 0.717) is 0 Å². The monoisotopic (exact) mass is 308 g/mol. The molecule has 2 heteroatoms. The summed E-state index contributed by atoms with van der Waals surface area (Å²) in [6, 6.07) is 22.8. The quantitative estimate of drug-likeness (QED) is 0.679. The van der Waals surface area contributed by atoms with Gasteiger partial charge in [-0.25, -0.2) is 0 Å². The lowest BCUT2D eigenvalue weighted by molar-refractivity contribution is 0.127. The molecule has 0 saturated heterocycles. The van der Waals surface area contributed by atoms with Crippen LogP contribution in [0.4, 0.5) is 0 Å². The summed E-state index contributed by atoms with van der Waals surface area (Å²) >= 11 is 0. The molecule has 2 aromatic carbocycles. The van der Waals surface area contributed by atoms with Gasteiger partial charge in [0, 0.05) is 5.54 Å². The van der Waals surface area contributed by atoms with Gasteiger partial charge in [0.05, 0.1) is 6.10 Å². The van der Waals surface area contributed by atoms with Crippen LogP contribution in [0.25, 0.3) is 0 Å². The van der Waals surface area contributed by atoms with Gasteiger partial charge in [-0.15, -0.1) is 0 Å². The molecule has 3 rings (SSSR count). The summed E-state index contributed by atoms with van der Waals surface area (Å²) in [5, 5.41) is 13.7. The van der Waals surface area contributed by atoms with Crippen molar-refractivity contribution in [1.82, 2.24) is 0 Å². The summed E-state index contributed by atoms with van der Waals surface area (Å²) in [4.78, 5) is 0. The highest BCUT2D eigenvalue weighted by Crippen LogP contribution is 2.38. The Morgan fingerprint density at radius 2 is 1.41 bits per heavy atom. The van der Waals surface area contributed by atoms with Crippen molar-refractivity contribution in [3.63, 3.8) is 0 Å². The van der Waals surface area contributed by atoms with Crippen molar-refractivity contribution < 1.29 is 5.11 Å². The fourth-order valence-electron chi connectivity index (χ4n) is 3.78. The van der Waals surface area contributed by atoms with Gasteiger partial charge in [-0.05, 0) is 12.0 Å². The molecule has 2 atom stereocenters. The first-order valence-electron chi connectivity index (χ1n) is 8.12. The van der Waals surface area contributed by atoms with Gasteiger partial charge in [0.2, 0.25) is 0 Å². The van der Waals surface area contributed by atoms with Crippen LogP contribution in [0.2, 0.25) is 11.6 Å². The first-order valence-corrected chi connectivity index (χ1v) is 10.4. The highest BCUT2D eigenvalue weighted by Gasteiger charge is 2.48. The van der Waals surface area contributed by atoms with Gasteiger partial charge in [0.1, 0.15) is 8.07 Å². The summed E-state index contributed by atoms with van der Waals surface area (Å²) < 4.78 is 0. The molecular formula is C20H24OSi. The van der Waals surface area contributed by atoms with Crippen molar-refractivity contribution in [3.05, 3.63) is 72.8 Å². The van der Waals surface area contributed by atoms with E-state index in [0.717, 1.165) is 6.04 Å². The van der Waals surface area contributed by atoms with E-state index < -0.39 is 8.07 Å². The number of rotatable bonds is 4. The Labute approximate surface area is 134 Å². The van der Waals surface area contributed by atoms with Crippen LogP contribution < -0.4 is 10.4 Å². The first kappa shape index (κ1) is 15.3. The highest BCUT2D eigenvalue weighted by molar-refractivity contribution is 7.04. The number of allylic oxidation sites excluding steroid dienone is 1. The molecule has 0 bridgehead atoms. The molecule has 1 heterocycles. The maximum atomic E-state index is 10.9. The number of aliphatic hydroxyl groups excluding tert-OH is 1. The molecule has 22 heavy (non-hydrogen) atoms. The van der Waals surface area contributed by atoms with Crippen molar-refractivity contribution in [3.8, 4) is 0 Å². The molecule has 1 N–H and O–H groups in total. The average molecular weight is 308 g/mol. The van der Waals surface area contributed by atoms with Crippen LogP contribution in [0.5, 0.6) is 0 Å². The molecule has 114 valence electrons. The lowest BCUT2D eigenvalue weighted by Crippen LogP contribution is -2.62. The van der Waals surface area contributed by atoms with Gasteiger partial charge >= 0.3 is 0 Å². The molecule has 1 aliphatic rings. The Hall–Kier alpha value is -1.64. The SMILES string of the molecule is CC(C)[C@@H](O)[C@@H]1C=CC[Si]1(c1ccccc1)c1ccccc1. The van der Waals surface area contributed by atoms with E-state index in [9.17, 15) is 5.11 Å². The summed E-state index contributed by atoms with van der Waals surface area (Å²) in [6.45, 7) is 4.23. The van der Waals surface area contributed by atoms with Crippen molar-refractivity contribution in [2.45, 2.75) is 31.5 Å². The zero-order chi connectivity index (χ0) is 15.6. The minimum Gasteiger partial charge on any atom is -0.393 e. The third kappa shape index (κ3) is 2.47. The summed E-state index contributed by atoms with van der Waals surface area (Å²) in [6.07, 6.45) is 4.28. The van der Waals surface area contributed by atoms with Gasteiger partial charge in [-0.1, -0.05) is 97.0 Å². The lowest BCUT2D eigenvalue weighted by Gasteiger charge is -2.38. The summed E-state index contributed by atoms with van der Waals surface area (Å²) in [5.41, 5.74) is 0.248. The minimum atomic E-state index is -2.00.